The summed E-state index contributed by atoms with van der Waals surface area (Å²) in [4.78, 5) is 0. The maximum atomic E-state index is 3.82. The van der Waals surface area contributed by atoms with E-state index in [0.29, 0.717) is 0 Å². The molecule has 0 radical (unpaired) electrons. The third-order valence-corrected chi connectivity index (χ3v) is 1.20. The zero-order valence-electron chi connectivity index (χ0n) is 5.52. The van der Waals surface area contributed by atoms with Crippen LogP contribution < -0.4 is 5.32 Å². The van der Waals surface area contributed by atoms with Gasteiger partial charge in [0.25, 0.3) is 0 Å². The highest BCUT2D eigenvalue weighted by Crippen LogP contribution is 1.89. The summed E-state index contributed by atoms with van der Waals surface area (Å²) in [6, 6.07) is 1.98. The molecule has 0 aliphatic heterocycles. The number of hydrogen-bond donors (Lipinski definition) is 2. The van der Waals surface area contributed by atoms with Crippen LogP contribution in [0.4, 0.5) is 0 Å². The fourth-order valence-corrected chi connectivity index (χ4v) is 0.684. The van der Waals surface area contributed by atoms with E-state index in [4.69, 9.17) is 0 Å². The summed E-state index contributed by atoms with van der Waals surface area (Å²) in [5.74, 6) is 0. The smallest absolute Gasteiger partial charge is 0.0490 e. The van der Waals surface area contributed by atoms with Crippen LogP contribution in [-0.4, -0.2) is 23.8 Å². The molecule has 0 bridgehead atoms. The van der Waals surface area contributed by atoms with E-state index in [0.717, 1.165) is 13.0 Å². The molecule has 0 aliphatic carbocycles. The van der Waals surface area contributed by atoms with E-state index >= 15 is 0 Å². The van der Waals surface area contributed by atoms with Gasteiger partial charge in [0.15, 0.2) is 0 Å². The van der Waals surface area contributed by atoms with Crippen LogP contribution in [0.25, 0.3) is 0 Å². The minimum Gasteiger partial charge on any atom is -0.319 e. The molecule has 2 N–H and O–H groups in total. The maximum absolute atomic E-state index is 3.82. The van der Waals surface area contributed by atoms with E-state index in [2.05, 4.69) is 15.5 Å². The maximum Gasteiger partial charge on any atom is 0.0490 e. The van der Waals surface area contributed by atoms with Gasteiger partial charge in [-0.05, 0) is 13.1 Å². The van der Waals surface area contributed by atoms with E-state index in [9.17, 15) is 0 Å². The van der Waals surface area contributed by atoms with Crippen LogP contribution in [0, 0.1) is 0 Å². The highest BCUT2D eigenvalue weighted by Gasteiger charge is 1.89. The van der Waals surface area contributed by atoms with E-state index in [-0.39, 0.29) is 0 Å². The van der Waals surface area contributed by atoms with Crippen molar-refractivity contribution >= 4 is 0 Å². The van der Waals surface area contributed by atoms with Gasteiger partial charge in [-0.15, -0.1) is 0 Å². The number of H-pyrrole nitrogens is 1. The normalized spacial score (nSPS) is 9.89. The third-order valence-electron chi connectivity index (χ3n) is 1.20. The second kappa shape index (κ2) is 3.25. The fraction of sp³-hybridized carbons (Fsp3) is 0.500. The highest BCUT2D eigenvalue weighted by molar-refractivity contribution is 4.97. The summed E-state index contributed by atoms with van der Waals surface area (Å²) in [7, 11) is 1.94. The fourth-order valence-electron chi connectivity index (χ4n) is 0.684. The first-order valence-corrected chi connectivity index (χ1v) is 3.06. The average molecular weight is 125 g/mol. The SMILES string of the molecule is CNCCc1ccn[nH]1. The zero-order valence-corrected chi connectivity index (χ0v) is 5.52. The van der Waals surface area contributed by atoms with Crippen LogP contribution in [-0.2, 0) is 6.42 Å². The zero-order chi connectivity index (χ0) is 6.53. The van der Waals surface area contributed by atoms with Crippen LogP contribution in [0.2, 0.25) is 0 Å². The summed E-state index contributed by atoms with van der Waals surface area (Å²) in [6.45, 7) is 1.00. The number of rotatable bonds is 3. The van der Waals surface area contributed by atoms with Crippen molar-refractivity contribution in [2.45, 2.75) is 6.42 Å². The molecule has 0 spiro atoms. The van der Waals surface area contributed by atoms with Crippen LogP contribution >= 0.6 is 0 Å². The predicted octanol–water partition coefficient (Wildman–Crippen LogP) is 0.172. The molecule has 1 aromatic rings. The molecule has 1 rings (SSSR count). The van der Waals surface area contributed by atoms with E-state index < -0.39 is 0 Å². The Bertz CT molecular complexity index is 145. The Balaban J connectivity index is 2.30. The van der Waals surface area contributed by atoms with Crippen LogP contribution in [0.3, 0.4) is 0 Å². The quantitative estimate of drug-likeness (QED) is 0.604. The minimum absolute atomic E-state index is 1.00. The number of aromatic nitrogens is 2. The van der Waals surface area contributed by atoms with Crippen molar-refractivity contribution < 1.29 is 0 Å². The molecule has 3 heteroatoms. The van der Waals surface area contributed by atoms with Gasteiger partial charge in [-0.2, -0.15) is 5.10 Å². The van der Waals surface area contributed by atoms with Crippen molar-refractivity contribution in [2.24, 2.45) is 0 Å². The van der Waals surface area contributed by atoms with Gasteiger partial charge >= 0.3 is 0 Å². The Kier molecular flexibility index (Phi) is 2.27. The van der Waals surface area contributed by atoms with Gasteiger partial charge < -0.3 is 5.32 Å². The Morgan fingerprint density at radius 3 is 3.22 bits per heavy atom. The first-order chi connectivity index (χ1) is 4.43. The van der Waals surface area contributed by atoms with Gasteiger partial charge in [-0.3, -0.25) is 5.10 Å². The minimum atomic E-state index is 1.00. The number of likely N-dealkylation sites (N-methyl/N-ethyl adjacent to an activating group) is 1. The second-order valence-electron chi connectivity index (χ2n) is 1.94. The van der Waals surface area contributed by atoms with Crippen molar-refractivity contribution in [3.05, 3.63) is 18.0 Å². The largest absolute Gasteiger partial charge is 0.319 e. The van der Waals surface area contributed by atoms with E-state index in [1.54, 1.807) is 6.20 Å². The monoisotopic (exact) mass is 125 g/mol. The van der Waals surface area contributed by atoms with Gasteiger partial charge in [0.05, 0.1) is 0 Å². The molecule has 0 atom stereocenters. The first kappa shape index (κ1) is 6.29. The van der Waals surface area contributed by atoms with Crippen LogP contribution in [0.15, 0.2) is 12.3 Å². The molecule has 0 saturated heterocycles. The van der Waals surface area contributed by atoms with Crippen LogP contribution in [0.1, 0.15) is 5.69 Å². The van der Waals surface area contributed by atoms with Crippen molar-refractivity contribution in [2.75, 3.05) is 13.6 Å². The molecule has 9 heavy (non-hydrogen) atoms. The summed E-state index contributed by atoms with van der Waals surface area (Å²) in [5, 5.41) is 9.76. The molecule has 0 unspecified atom stereocenters. The topological polar surface area (TPSA) is 40.7 Å². The summed E-state index contributed by atoms with van der Waals surface area (Å²) < 4.78 is 0. The van der Waals surface area contributed by atoms with Crippen molar-refractivity contribution in [1.29, 1.82) is 0 Å². The average Bonchev–Trinajstić information content (AvgIpc) is 2.34. The Labute approximate surface area is 54.5 Å². The molecule has 0 amide bonds. The summed E-state index contributed by atoms with van der Waals surface area (Å²) in [6.07, 6.45) is 2.79. The van der Waals surface area contributed by atoms with Crippen molar-refractivity contribution in [1.82, 2.24) is 15.5 Å². The molecule has 3 nitrogen and oxygen atoms in total. The van der Waals surface area contributed by atoms with Crippen molar-refractivity contribution in [3.8, 4) is 0 Å². The number of nitrogens with zero attached hydrogens (tertiary/aromatic N) is 1. The summed E-state index contributed by atoms with van der Waals surface area (Å²) in [5.41, 5.74) is 1.18. The third kappa shape index (κ3) is 1.85. The highest BCUT2D eigenvalue weighted by atomic mass is 15.1. The van der Waals surface area contributed by atoms with Crippen molar-refractivity contribution in [3.63, 3.8) is 0 Å². The Hall–Kier alpha value is -0.830. The lowest BCUT2D eigenvalue weighted by atomic mass is 10.3. The van der Waals surface area contributed by atoms with Gasteiger partial charge in [0.2, 0.25) is 0 Å². The standard InChI is InChI=1S/C6H11N3/c1-7-4-2-6-3-5-8-9-6/h3,5,7H,2,4H2,1H3,(H,8,9). The molecule has 1 aromatic heterocycles. The molecular formula is C6H11N3. The lowest BCUT2D eigenvalue weighted by Gasteiger charge is -1.93. The van der Waals surface area contributed by atoms with Gasteiger partial charge in [0.1, 0.15) is 0 Å². The lowest BCUT2D eigenvalue weighted by molar-refractivity contribution is 0.772. The predicted molar refractivity (Wildman–Crippen MR) is 36.2 cm³/mol. The van der Waals surface area contributed by atoms with Gasteiger partial charge in [-0.1, -0.05) is 0 Å². The molecule has 0 saturated carbocycles. The number of nitrogens with one attached hydrogen (secondary N) is 2. The lowest BCUT2D eigenvalue weighted by Crippen LogP contribution is -2.10. The van der Waals surface area contributed by atoms with Gasteiger partial charge in [0, 0.05) is 24.9 Å². The molecule has 50 valence electrons. The molecule has 1 heterocycles. The number of hydrogen-bond acceptors (Lipinski definition) is 2. The van der Waals surface area contributed by atoms with E-state index in [1.165, 1.54) is 5.69 Å². The first-order valence-electron chi connectivity index (χ1n) is 3.06. The molecular weight excluding hydrogens is 114 g/mol. The second-order valence-corrected chi connectivity index (χ2v) is 1.94. The Morgan fingerprint density at radius 2 is 2.67 bits per heavy atom. The molecule has 0 aliphatic rings. The van der Waals surface area contributed by atoms with Crippen LogP contribution in [0.5, 0.6) is 0 Å². The molecule has 0 fully saturated rings. The van der Waals surface area contributed by atoms with Gasteiger partial charge in [-0.25, -0.2) is 0 Å². The Morgan fingerprint density at radius 1 is 1.78 bits per heavy atom. The number of aromatic amines is 1. The summed E-state index contributed by atoms with van der Waals surface area (Å²) >= 11 is 0. The van der Waals surface area contributed by atoms with E-state index in [1.807, 2.05) is 13.1 Å². The molecule has 0 aromatic carbocycles.